The van der Waals surface area contributed by atoms with E-state index in [0.29, 0.717) is 6.04 Å². The van der Waals surface area contributed by atoms with Crippen LogP contribution < -0.4 is 10.9 Å². The number of hydrogen-bond donors (Lipinski definition) is 2. The van der Waals surface area contributed by atoms with Crippen LogP contribution in [0.15, 0.2) is 0 Å². The summed E-state index contributed by atoms with van der Waals surface area (Å²) in [5.41, 5.74) is 7.51. The fraction of sp³-hybridized carbons (Fsp3) is 1.00. The molecule has 0 bridgehead atoms. The normalized spacial score (nSPS) is 25.6. The lowest BCUT2D eigenvalue weighted by Gasteiger charge is -2.25. The molecule has 2 heteroatoms. The Morgan fingerprint density at radius 1 is 0.304 bits per heavy atom. The SMILES string of the molecule is C1CCCCCC(NNC2CCCCCCCC2)CCCCC1. The third kappa shape index (κ3) is 9.72. The Hall–Kier alpha value is -0.0800. The van der Waals surface area contributed by atoms with Gasteiger partial charge < -0.3 is 0 Å². The van der Waals surface area contributed by atoms with Crippen molar-refractivity contribution in [2.75, 3.05) is 0 Å². The molecule has 0 unspecified atom stereocenters. The Bertz CT molecular complexity index is 245. The van der Waals surface area contributed by atoms with E-state index >= 15 is 0 Å². The molecule has 2 N–H and O–H groups in total. The molecular weight excluding hydrogens is 280 g/mol. The van der Waals surface area contributed by atoms with E-state index in [1.807, 2.05) is 0 Å². The third-order valence-corrected chi connectivity index (χ3v) is 5.95. The lowest BCUT2D eigenvalue weighted by Crippen LogP contribution is -2.46. The molecule has 2 aliphatic carbocycles. The van der Waals surface area contributed by atoms with Crippen molar-refractivity contribution in [2.24, 2.45) is 0 Å². The summed E-state index contributed by atoms with van der Waals surface area (Å²) in [6.45, 7) is 0. The first-order chi connectivity index (χ1) is 11.4. The smallest absolute Gasteiger partial charge is 0.0213 e. The highest BCUT2D eigenvalue weighted by atomic mass is 15.4. The second-order valence-electron chi connectivity index (χ2n) is 8.14. The fourth-order valence-corrected chi connectivity index (χ4v) is 4.32. The second-order valence-corrected chi connectivity index (χ2v) is 8.14. The molecule has 0 spiro atoms. The molecular formula is C21H42N2. The number of nitrogens with one attached hydrogen (secondary N) is 2. The molecule has 0 atom stereocenters. The average molecular weight is 323 g/mol. The van der Waals surface area contributed by atoms with Crippen LogP contribution in [0, 0.1) is 0 Å². The monoisotopic (exact) mass is 322 g/mol. The molecule has 23 heavy (non-hydrogen) atoms. The van der Waals surface area contributed by atoms with Gasteiger partial charge in [-0.1, -0.05) is 96.3 Å². The van der Waals surface area contributed by atoms with Crippen molar-refractivity contribution in [1.82, 2.24) is 10.9 Å². The van der Waals surface area contributed by atoms with Crippen LogP contribution >= 0.6 is 0 Å². The van der Waals surface area contributed by atoms with Gasteiger partial charge in [0, 0.05) is 12.1 Å². The van der Waals surface area contributed by atoms with Crippen molar-refractivity contribution >= 4 is 0 Å². The van der Waals surface area contributed by atoms with E-state index in [0.717, 1.165) is 6.04 Å². The van der Waals surface area contributed by atoms with Gasteiger partial charge in [0.1, 0.15) is 0 Å². The minimum absolute atomic E-state index is 0.710. The molecule has 2 fully saturated rings. The molecule has 0 aromatic carbocycles. The number of rotatable bonds is 3. The van der Waals surface area contributed by atoms with Crippen LogP contribution in [0.3, 0.4) is 0 Å². The fourth-order valence-electron chi connectivity index (χ4n) is 4.32. The van der Waals surface area contributed by atoms with Gasteiger partial charge in [0.2, 0.25) is 0 Å². The summed E-state index contributed by atoms with van der Waals surface area (Å²) >= 11 is 0. The molecule has 0 aromatic heterocycles. The van der Waals surface area contributed by atoms with Gasteiger partial charge in [-0.05, 0) is 25.7 Å². The first-order valence-corrected chi connectivity index (χ1v) is 11.0. The van der Waals surface area contributed by atoms with Crippen molar-refractivity contribution in [3.63, 3.8) is 0 Å². The molecule has 2 rings (SSSR count). The highest BCUT2D eigenvalue weighted by molar-refractivity contribution is 4.71. The van der Waals surface area contributed by atoms with Gasteiger partial charge in [0.05, 0.1) is 0 Å². The van der Waals surface area contributed by atoms with Gasteiger partial charge in [-0.3, -0.25) is 10.9 Å². The molecule has 0 aliphatic heterocycles. The zero-order chi connectivity index (χ0) is 16.0. The Morgan fingerprint density at radius 2 is 0.522 bits per heavy atom. The predicted octanol–water partition coefficient (Wildman–Crippen LogP) is 6.26. The Labute approximate surface area is 145 Å². The quantitative estimate of drug-likeness (QED) is 0.599. The van der Waals surface area contributed by atoms with Crippen molar-refractivity contribution in [2.45, 2.75) is 134 Å². The van der Waals surface area contributed by atoms with Crippen molar-refractivity contribution < 1.29 is 0 Å². The molecule has 0 radical (unpaired) electrons. The summed E-state index contributed by atoms with van der Waals surface area (Å²) in [4.78, 5) is 0. The molecule has 2 aliphatic rings. The lowest BCUT2D eigenvalue weighted by molar-refractivity contribution is 0.306. The standard InChI is InChI=1S/C21H42N2/c1-2-4-8-12-16-20(17-13-9-5-3-1)22-23-21-18-14-10-6-7-11-15-19-21/h20-23H,1-19H2. The van der Waals surface area contributed by atoms with Crippen molar-refractivity contribution in [1.29, 1.82) is 0 Å². The Balaban J connectivity index is 1.68. The number of hydrazine groups is 1. The van der Waals surface area contributed by atoms with E-state index in [2.05, 4.69) is 10.9 Å². The first kappa shape index (κ1) is 19.2. The van der Waals surface area contributed by atoms with E-state index < -0.39 is 0 Å². The zero-order valence-corrected chi connectivity index (χ0v) is 15.6. The van der Waals surface area contributed by atoms with Crippen LogP contribution in [-0.4, -0.2) is 12.1 Å². The zero-order valence-electron chi connectivity index (χ0n) is 15.6. The maximum atomic E-state index is 3.76. The summed E-state index contributed by atoms with van der Waals surface area (Å²) in [6.07, 6.45) is 27.2. The van der Waals surface area contributed by atoms with Crippen LogP contribution in [0.4, 0.5) is 0 Å². The van der Waals surface area contributed by atoms with Crippen molar-refractivity contribution in [3.8, 4) is 0 Å². The molecule has 0 amide bonds. The minimum Gasteiger partial charge on any atom is -0.255 e. The van der Waals surface area contributed by atoms with Crippen LogP contribution in [0.25, 0.3) is 0 Å². The van der Waals surface area contributed by atoms with Crippen LogP contribution in [-0.2, 0) is 0 Å². The Morgan fingerprint density at radius 3 is 0.783 bits per heavy atom. The van der Waals surface area contributed by atoms with Gasteiger partial charge in [-0.25, -0.2) is 0 Å². The van der Waals surface area contributed by atoms with Crippen LogP contribution in [0.2, 0.25) is 0 Å². The van der Waals surface area contributed by atoms with Crippen LogP contribution in [0.5, 0.6) is 0 Å². The summed E-state index contributed by atoms with van der Waals surface area (Å²) in [7, 11) is 0. The number of hydrogen-bond acceptors (Lipinski definition) is 2. The predicted molar refractivity (Wildman–Crippen MR) is 102 cm³/mol. The van der Waals surface area contributed by atoms with E-state index in [1.54, 1.807) is 0 Å². The summed E-state index contributed by atoms with van der Waals surface area (Å²) in [5, 5.41) is 0. The second kappa shape index (κ2) is 13.2. The molecule has 0 aromatic rings. The lowest BCUT2D eigenvalue weighted by atomic mass is 9.98. The summed E-state index contributed by atoms with van der Waals surface area (Å²) in [6, 6.07) is 1.43. The van der Waals surface area contributed by atoms with E-state index in [9.17, 15) is 0 Å². The van der Waals surface area contributed by atoms with Crippen molar-refractivity contribution in [3.05, 3.63) is 0 Å². The minimum atomic E-state index is 0.710. The van der Waals surface area contributed by atoms with Gasteiger partial charge in [-0.2, -0.15) is 0 Å². The molecule has 2 saturated carbocycles. The Kier molecular flexibility index (Phi) is 11.1. The van der Waals surface area contributed by atoms with E-state index in [-0.39, 0.29) is 0 Å². The highest BCUT2D eigenvalue weighted by Crippen LogP contribution is 2.18. The molecule has 2 nitrogen and oxygen atoms in total. The van der Waals surface area contributed by atoms with Gasteiger partial charge in [0.15, 0.2) is 0 Å². The maximum absolute atomic E-state index is 3.76. The topological polar surface area (TPSA) is 24.1 Å². The van der Waals surface area contributed by atoms with E-state index in [4.69, 9.17) is 0 Å². The third-order valence-electron chi connectivity index (χ3n) is 5.95. The molecule has 0 saturated heterocycles. The van der Waals surface area contributed by atoms with Gasteiger partial charge in [0.25, 0.3) is 0 Å². The average Bonchev–Trinajstić information content (AvgIpc) is 2.68. The first-order valence-electron chi connectivity index (χ1n) is 11.0. The molecule has 136 valence electrons. The summed E-state index contributed by atoms with van der Waals surface area (Å²) in [5.74, 6) is 0. The van der Waals surface area contributed by atoms with Gasteiger partial charge >= 0.3 is 0 Å². The van der Waals surface area contributed by atoms with Gasteiger partial charge in [-0.15, -0.1) is 0 Å². The molecule has 0 heterocycles. The largest absolute Gasteiger partial charge is 0.255 e. The summed E-state index contributed by atoms with van der Waals surface area (Å²) < 4.78 is 0. The van der Waals surface area contributed by atoms with E-state index in [1.165, 1.54) is 122 Å². The highest BCUT2D eigenvalue weighted by Gasteiger charge is 2.13. The van der Waals surface area contributed by atoms with Crippen LogP contribution in [0.1, 0.15) is 122 Å². The maximum Gasteiger partial charge on any atom is 0.0213 e.